The molecule has 0 bridgehead atoms. The maximum atomic E-state index is 13.1. The van der Waals surface area contributed by atoms with E-state index in [0.717, 1.165) is 21.4 Å². The molecule has 0 saturated carbocycles. The summed E-state index contributed by atoms with van der Waals surface area (Å²) in [6.07, 6.45) is -7.94. The highest BCUT2D eigenvalue weighted by Crippen LogP contribution is 2.36. The van der Waals surface area contributed by atoms with Crippen molar-refractivity contribution >= 4 is 22.7 Å². The minimum Gasteiger partial charge on any atom is -0.361 e. The van der Waals surface area contributed by atoms with Gasteiger partial charge in [0.15, 0.2) is 0 Å². The minimum absolute atomic E-state index is 0.0219. The van der Waals surface area contributed by atoms with Gasteiger partial charge in [-0.2, -0.15) is 26.3 Å². The molecule has 174 valence electrons. The Kier molecular flexibility index (Phi) is 5.59. The fraction of sp³-hybridized carbons (Fsp3) is 0.273. The van der Waals surface area contributed by atoms with Crippen LogP contribution in [0.4, 0.5) is 26.3 Å². The maximum Gasteiger partial charge on any atom is 0.416 e. The quantitative estimate of drug-likeness (QED) is 0.443. The first kappa shape index (κ1) is 22.7. The summed E-state index contributed by atoms with van der Waals surface area (Å²) >= 11 is 0. The number of nitrogens with one attached hydrogen (secondary N) is 2. The molecule has 2 amide bonds. The molecule has 3 aromatic rings. The van der Waals surface area contributed by atoms with Crippen molar-refractivity contribution in [3.8, 4) is 0 Å². The van der Waals surface area contributed by atoms with Gasteiger partial charge in [0.05, 0.1) is 17.2 Å². The zero-order valence-electron chi connectivity index (χ0n) is 16.8. The van der Waals surface area contributed by atoms with Crippen molar-refractivity contribution < 1.29 is 35.9 Å². The second-order valence-electron chi connectivity index (χ2n) is 7.83. The van der Waals surface area contributed by atoms with Crippen LogP contribution in [-0.2, 0) is 34.9 Å². The Morgan fingerprint density at radius 2 is 1.58 bits per heavy atom. The molecule has 2 heterocycles. The van der Waals surface area contributed by atoms with Crippen LogP contribution in [0.2, 0.25) is 0 Å². The van der Waals surface area contributed by atoms with Gasteiger partial charge in [0, 0.05) is 30.2 Å². The van der Waals surface area contributed by atoms with Gasteiger partial charge in [0.2, 0.25) is 0 Å². The van der Waals surface area contributed by atoms with Crippen LogP contribution >= 0.6 is 0 Å². The number of fused-ring (bicyclic) bond motifs is 1. The summed E-state index contributed by atoms with van der Waals surface area (Å²) in [4.78, 5) is 28.5. The molecule has 0 aliphatic carbocycles. The van der Waals surface area contributed by atoms with Crippen molar-refractivity contribution in [3.05, 3.63) is 70.9 Å². The van der Waals surface area contributed by atoms with Crippen molar-refractivity contribution in [2.24, 2.45) is 0 Å². The second kappa shape index (κ2) is 8.13. The molecule has 2 N–H and O–H groups in total. The number of piperazine rings is 1. The molecule has 2 aromatic carbocycles. The number of rotatable bonds is 4. The predicted octanol–water partition coefficient (Wildman–Crippen LogP) is 4.28. The topological polar surface area (TPSA) is 65.2 Å². The molecular weight excluding hydrogens is 452 g/mol. The van der Waals surface area contributed by atoms with Crippen molar-refractivity contribution in [1.29, 1.82) is 0 Å². The molecule has 5 nitrogen and oxygen atoms in total. The largest absolute Gasteiger partial charge is 0.416 e. The highest BCUT2D eigenvalue weighted by atomic mass is 19.4. The lowest BCUT2D eigenvalue weighted by Gasteiger charge is -2.33. The summed E-state index contributed by atoms with van der Waals surface area (Å²) in [6.45, 7) is -0.634. The average Bonchev–Trinajstić information content (AvgIpc) is 3.13. The smallest absolute Gasteiger partial charge is 0.361 e. The van der Waals surface area contributed by atoms with Crippen LogP contribution in [-0.4, -0.2) is 34.3 Å². The first-order valence-corrected chi connectivity index (χ1v) is 9.85. The number of hydrogen-bond acceptors (Lipinski definition) is 2. The molecule has 1 fully saturated rings. The Labute approximate surface area is 183 Å². The van der Waals surface area contributed by atoms with Crippen LogP contribution < -0.4 is 5.32 Å². The van der Waals surface area contributed by atoms with Crippen molar-refractivity contribution in [2.45, 2.75) is 31.4 Å². The number of H-pyrrole nitrogens is 1. The number of carbonyl (C=O) groups is 2. The number of benzene rings is 2. The Morgan fingerprint density at radius 1 is 0.939 bits per heavy atom. The molecule has 1 aromatic heterocycles. The fourth-order valence-corrected chi connectivity index (χ4v) is 3.93. The number of nitrogens with zero attached hydrogens (tertiary/aromatic N) is 1. The van der Waals surface area contributed by atoms with E-state index in [2.05, 4.69) is 10.3 Å². The molecule has 1 unspecified atom stereocenters. The van der Waals surface area contributed by atoms with Gasteiger partial charge >= 0.3 is 24.2 Å². The van der Waals surface area contributed by atoms with Gasteiger partial charge in [0.1, 0.15) is 0 Å². The molecule has 11 heteroatoms. The van der Waals surface area contributed by atoms with E-state index in [-0.39, 0.29) is 18.2 Å². The summed E-state index contributed by atoms with van der Waals surface area (Å²) in [7, 11) is 0. The highest BCUT2D eigenvalue weighted by molar-refractivity contribution is 6.35. The van der Waals surface area contributed by atoms with E-state index in [1.165, 1.54) is 0 Å². The Morgan fingerprint density at radius 3 is 2.21 bits per heavy atom. The number of alkyl halides is 6. The third-order valence-corrected chi connectivity index (χ3v) is 5.42. The van der Waals surface area contributed by atoms with Gasteiger partial charge in [-0.1, -0.05) is 18.2 Å². The van der Waals surface area contributed by atoms with Gasteiger partial charge in [0.25, 0.3) is 0 Å². The SMILES string of the molecule is O=C1NC(Cc2c[nH]c3ccccc23)CN(Cc2cc(C(F)(F)F)cc(C(F)(F)F)c2)C1=O. The van der Waals surface area contributed by atoms with E-state index in [4.69, 9.17) is 0 Å². The first-order chi connectivity index (χ1) is 15.4. The molecule has 1 aliphatic rings. The standard InChI is InChI=1S/C22H17F6N3O2/c23-21(24,25)14-5-12(6-15(8-14)22(26,27)28)10-31-11-16(30-19(32)20(31)33)7-13-9-29-18-4-2-1-3-17(13)18/h1-6,8-9,16,29H,7,10-11H2,(H,30,32). The van der Waals surface area contributed by atoms with Crippen LogP contribution in [0.25, 0.3) is 10.9 Å². The van der Waals surface area contributed by atoms with E-state index in [9.17, 15) is 35.9 Å². The predicted molar refractivity (Wildman–Crippen MR) is 106 cm³/mol. The Bertz CT molecular complexity index is 1180. The molecular formula is C22H17F6N3O2. The molecule has 1 atom stereocenters. The second-order valence-corrected chi connectivity index (χ2v) is 7.83. The number of amides is 2. The average molecular weight is 469 g/mol. The molecule has 0 spiro atoms. The minimum atomic E-state index is -5.00. The Balaban J connectivity index is 1.59. The number of halogens is 6. The molecule has 0 radical (unpaired) electrons. The summed E-state index contributed by atoms with van der Waals surface area (Å²) in [5.74, 6) is -1.98. The number of carbonyl (C=O) groups excluding carboxylic acids is 2. The van der Waals surface area contributed by atoms with Gasteiger partial charge in [-0.05, 0) is 41.8 Å². The number of aromatic nitrogens is 1. The molecule has 1 aliphatic heterocycles. The van der Waals surface area contributed by atoms with Crippen molar-refractivity contribution in [1.82, 2.24) is 15.2 Å². The van der Waals surface area contributed by atoms with Crippen molar-refractivity contribution in [2.75, 3.05) is 6.54 Å². The maximum absolute atomic E-state index is 13.1. The van der Waals surface area contributed by atoms with Gasteiger partial charge in [-0.25, -0.2) is 0 Å². The first-order valence-electron chi connectivity index (χ1n) is 9.85. The summed E-state index contributed by atoms with van der Waals surface area (Å²) < 4.78 is 78.8. The zero-order valence-corrected chi connectivity index (χ0v) is 16.8. The molecule has 33 heavy (non-hydrogen) atoms. The third-order valence-electron chi connectivity index (χ3n) is 5.42. The molecule has 4 rings (SSSR count). The van der Waals surface area contributed by atoms with Crippen LogP contribution in [0.15, 0.2) is 48.7 Å². The van der Waals surface area contributed by atoms with Crippen molar-refractivity contribution in [3.63, 3.8) is 0 Å². The fourth-order valence-electron chi connectivity index (χ4n) is 3.93. The van der Waals surface area contributed by atoms with Gasteiger partial charge < -0.3 is 15.2 Å². The molecule has 1 saturated heterocycles. The summed E-state index contributed by atoms with van der Waals surface area (Å²) in [5, 5.41) is 3.46. The van der Waals surface area contributed by atoms with E-state index in [1.54, 1.807) is 6.20 Å². The number of aromatic amines is 1. The van der Waals surface area contributed by atoms with Crippen LogP contribution in [0.5, 0.6) is 0 Å². The lowest BCUT2D eigenvalue weighted by atomic mass is 10.0. The normalized spacial score (nSPS) is 17.5. The third kappa shape index (κ3) is 4.81. The van der Waals surface area contributed by atoms with Gasteiger partial charge in [-0.15, -0.1) is 0 Å². The lowest BCUT2D eigenvalue weighted by Crippen LogP contribution is -2.57. The number of hydrogen-bond donors (Lipinski definition) is 2. The number of para-hydroxylation sites is 1. The van der Waals surface area contributed by atoms with Crippen LogP contribution in [0, 0.1) is 0 Å². The summed E-state index contributed by atoms with van der Waals surface area (Å²) in [6, 6.07) is 7.98. The van der Waals surface area contributed by atoms with E-state index in [0.29, 0.717) is 18.6 Å². The zero-order chi connectivity index (χ0) is 24.0. The van der Waals surface area contributed by atoms with Crippen LogP contribution in [0.1, 0.15) is 22.3 Å². The van der Waals surface area contributed by atoms with Gasteiger partial charge in [-0.3, -0.25) is 9.59 Å². The van der Waals surface area contributed by atoms with E-state index in [1.807, 2.05) is 24.3 Å². The highest BCUT2D eigenvalue weighted by Gasteiger charge is 2.38. The van der Waals surface area contributed by atoms with E-state index < -0.39 is 47.9 Å². The monoisotopic (exact) mass is 469 g/mol. The summed E-state index contributed by atoms with van der Waals surface area (Å²) in [5.41, 5.74) is -1.60. The van der Waals surface area contributed by atoms with E-state index >= 15 is 0 Å². The lowest BCUT2D eigenvalue weighted by molar-refractivity contribution is -0.150. The Hall–Kier alpha value is -3.50. The van der Waals surface area contributed by atoms with Crippen LogP contribution in [0.3, 0.4) is 0 Å².